The molecule has 172 valence electrons. The number of para-hydroxylation sites is 1. The van der Waals surface area contributed by atoms with Gasteiger partial charge in [-0.3, -0.25) is 9.59 Å². The molecule has 6 heteroatoms. The van der Waals surface area contributed by atoms with E-state index in [1.54, 1.807) is 24.1 Å². The molecule has 2 amide bonds. The number of benzene rings is 3. The van der Waals surface area contributed by atoms with Crippen LogP contribution in [0.3, 0.4) is 0 Å². The van der Waals surface area contributed by atoms with Gasteiger partial charge in [0, 0.05) is 31.5 Å². The normalized spacial score (nSPS) is 11.5. The molecule has 1 unspecified atom stereocenters. The van der Waals surface area contributed by atoms with Gasteiger partial charge in [0.1, 0.15) is 11.8 Å². The zero-order valence-electron chi connectivity index (χ0n) is 18.7. The number of rotatable bonds is 11. The number of hydrogen-bond acceptors (Lipinski definition) is 3. The maximum Gasteiger partial charge on any atom is 0.242 e. The summed E-state index contributed by atoms with van der Waals surface area (Å²) in [6.07, 6.45) is 1.26. The number of nitrogens with zero attached hydrogens (tertiary/aromatic N) is 1. The Hall–Kier alpha value is -3.31. The van der Waals surface area contributed by atoms with Crippen molar-refractivity contribution < 1.29 is 14.3 Å². The number of hydrogen-bond donors (Lipinski definition) is 1. The molecule has 0 fully saturated rings. The molecule has 0 spiro atoms. The summed E-state index contributed by atoms with van der Waals surface area (Å²) >= 11 is 6.03. The Morgan fingerprint density at radius 3 is 2.18 bits per heavy atom. The first-order valence-corrected chi connectivity index (χ1v) is 11.4. The molecule has 0 aliphatic rings. The Morgan fingerprint density at radius 2 is 1.55 bits per heavy atom. The molecule has 3 aromatic carbocycles. The predicted molar refractivity (Wildman–Crippen MR) is 131 cm³/mol. The quantitative estimate of drug-likeness (QED) is 0.411. The summed E-state index contributed by atoms with van der Waals surface area (Å²) in [5.74, 6) is 0.489. The van der Waals surface area contributed by atoms with E-state index in [0.29, 0.717) is 31.0 Å². The van der Waals surface area contributed by atoms with Crippen LogP contribution in [-0.4, -0.2) is 36.4 Å². The lowest BCUT2D eigenvalue weighted by Crippen LogP contribution is -2.49. The van der Waals surface area contributed by atoms with Gasteiger partial charge >= 0.3 is 0 Å². The lowest BCUT2D eigenvalue weighted by molar-refractivity contribution is -0.141. The van der Waals surface area contributed by atoms with E-state index < -0.39 is 6.04 Å². The minimum Gasteiger partial charge on any atom is -0.494 e. The molecule has 0 bridgehead atoms. The first kappa shape index (κ1) is 24.3. The fraction of sp³-hybridized carbons (Fsp3) is 0.259. The van der Waals surface area contributed by atoms with Crippen LogP contribution in [0.4, 0.5) is 0 Å². The molecular weight excluding hydrogens is 436 g/mol. The highest BCUT2D eigenvalue weighted by Gasteiger charge is 2.29. The van der Waals surface area contributed by atoms with Crippen molar-refractivity contribution >= 4 is 23.4 Å². The largest absolute Gasteiger partial charge is 0.494 e. The molecule has 0 saturated carbocycles. The molecule has 0 aliphatic heterocycles. The van der Waals surface area contributed by atoms with Gasteiger partial charge in [0.2, 0.25) is 11.8 Å². The Morgan fingerprint density at radius 1 is 0.909 bits per heavy atom. The average molecular weight is 465 g/mol. The van der Waals surface area contributed by atoms with E-state index >= 15 is 0 Å². The van der Waals surface area contributed by atoms with Crippen molar-refractivity contribution in [3.8, 4) is 5.75 Å². The second-order valence-electron chi connectivity index (χ2n) is 7.73. The van der Waals surface area contributed by atoms with Gasteiger partial charge in [-0.15, -0.1) is 0 Å². The van der Waals surface area contributed by atoms with Crippen molar-refractivity contribution in [2.24, 2.45) is 0 Å². The van der Waals surface area contributed by atoms with Crippen molar-refractivity contribution in [3.05, 3.63) is 101 Å². The summed E-state index contributed by atoms with van der Waals surface area (Å²) in [4.78, 5) is 27.9. The van der Waals surface area contributed by atoms with E-state index in [4.69, 9.17) is 16.3 Å². The van der Waals surface area contributed by atoms with Crippen molar-refractivity contribution in [3.63, 3.8) is 0 Å². The topological polar surface area (TPSA) is 58.6 Å². The predicted octanol–water partition coefficient (Wildman–Crippen LogP) is 4.89. The van der Waals surface area contributed by atoms with Crippen LogP contribution in [0.25, 0.3) is 0 Å². The van der Waals surface area contributed by atoms with Crippen LogP contribution in [0.2, 0.25) is 5.02 Å². The summed E-state index contributed by atoms with van der Waals surface area (Å²) in [5.41, 5.74) is 1.91. The first-order chi connectivity index (χ1) is 16.1. The van der Waals surface area contributed by atoms with E-state index in [1.807, 2.05) is 72.8 Å². The Bertz CT molecular complexity index is 1010. The highest BCUT2D eigenvalue weighted by Crippen LogP contribution is 2.18. The van der Waals surface area contributed by atoms with Crippen LogP contribution in [0.15, 0.2) is 84.9 Å². The summed E-state index contributed by atoms with van der Waals surface area (Å²) in [7, 11) is 1.60. The SMILES string of the molecule is CNC(=O)C(Cc1ccccc1)N(Cc1ccc(Cl)cc1)C(=O)CCCOc1ccccc1. The smallest absolute Gasteiger partial charge is 0.242 e. The molecule has 0 radical (unpaired) electrons. The van der Waals surface area contributed by atoms with Gasteiger partial charge in [-0.05, 0) is 41.8 Å². The van der Waals surface area contributed by atoms with Gasteiger partial charge in [0.15, 0.2) is 0 Å². The fourth-order valence-corrected chi connectivity index (χ4v) is 3.71. The first-order valence-electron chi connectivity index (χ1n) is 11.0. The van der Waals surface area contributed by atoms with Crippen LogP contribution in [0.5, 0.6) is 5.75 Å². The minimum atomic E-state index is -0.629. The highest BCUT2D eigenvalue weighted by atomic mass is 35.5. The summed E-state index contributed by atoms with van der Waals surface area (Å²) in [6, 6.07) is 26.0. The van der Waals surface area contributed by atoms with Gasteiger partial charge in [0.05, 0.1) is 6.61 Å². The van der Waals surface area contributed by atoms with Crippen LogP contribution >= 0.6 is 11.6 Å². The van der Waals surface area contributed by atoms with Crippen molar-refractivity contribution in [2.45, 2.75) is 31.8 Å². The molecule has 0 aliphatic carbocycles. The van der Waals surface area contributed by atoms with Gasteiger partial charge in [-0.25, -0.2) is 0 Å². The van der Waals surface area contributed by atoms with E-state index in [2.05, 4.69) is 5.32 Å². The fourth-order valence-electron chi connectivity index (χ4n) is 3.58. The number of nitrogens with one attached hydrogen (secondary N) is 1. The zero-order valence-corrected chi connectivity index (χ0v) is 19.5. The number of amides is 2. The molecule has 5 nitrogen and oxygen atoms in total. The third-order valence-electron chi connectivity index (χ3n) is 5.33. The van der Waals surface area contributed by atoms with Gasteiger partial charge in [0.25, 0.3) is 0 Å². The molecule has 1 atom stereocenters. The second-order valence-corrected chi connectivity index (χ2v) is 8.17. The Labute approximate surface area is 200 Å². The van der Waals surface area contributed by atoms with Gasteiger partial charge in [-0.2, -0.15) is 0 Å². The molecule has 0 saturated heterocycles. The van der Waals surface area contributed by atoms with E-state index in [1.165, 1.54) is 0 Å². The summed E-state index contributed by atoms with van der Waals surface area (Å²) < 4.78 is 5.73. The van der Waals surface area contributed by atoms with Crippen LogP contribution in [-0.2, 0) is 22.6 Å². The number of ether oxygens (including phenoxy) is 1. The number of carbonyl (C=O) groups is 2. The number of likely N-dealkylation sites (N-methyl/N-ethyl adjacent to an activating group) is 1. The molecule has 1 N–H and O–H groups in total. The standard InChI is InChI=1S/C27H29ClN2O3/c1-29-27(32)25(19-21-9-4-2-5-10-21)30(20-22-14-16-23(28)17-15-22)26(31)13-8-18-33-24-11-6-3-7-12-24/h2-7,9-12,14-17,25H,8,13,18-20H2,1H3,(H,29,32). The van der Waals surface area contributed by atoms with Crippen molar-refractivity contribution in [1.82, 2.24) is 10.2 Å². The monoisotopic (exact) mass is 464 g/mol. The molecule has 33 heavy (non-hydrogen) atoms. The zero-order chi connectivity index (χ0) is 23.5. The highest BCUT2D eigenvalue weighted by molar-refractivity contribution is 6.30. The third kappa shape index (κ3) is 7.65. The van der Waals surface area contributed by atoms with E-state index in [9.17, 15) is 9.59 Å². The van der Waals surface area contributed by atoms with E-state index in [-0.39, 0.29) is 18.2 Å². The maximum absolute atomic E-state index is 13.3. The van der Waals surface area contributed by atoms with Gasteiger partial charge in [-0.1, -0.05) is 72.3 Å². The third-order valence-corrected chi connectivity index (χ3v) is 5.58. The molecule has 0 aromatic heterocycles. The van der Waals surface area contributed by atoms with Crippen LogP contribution in [0.1, 0.15) is 24.0 Å². The number of carbonyl (C=O) groups excluding carboxylic acids is 2. The van der Waals surface area contributed by atoms with Crippen LogP contribution in [0, 0.1) is 0 Å². The second kappa shape index (κ2) is 12.7. The molecule has 3 aromatic rings. The number of halogens is 1. The minimum absolute atomic E-state index is 0.0915. The van der Waals surface area contributed by atoms with Crippen molar-refractivity contribution in [2.75, 3.05) is 13.7 Å². The Balaban J connectivity index is 1.74. The van der Waals surface area contributed by atoms with Gasteiger partial charge < -0.3 is 15.0 Å². The molecular formula is C27H29ClN2O3. The van der Waals surface area contributed by atoms with Crippen molar-refractivity contribution in [1.29, 1.82) is 0 Å². The average Bonchev–Trinajstić information content (AvgIpc) is 2.86. The lowest BCUT2D eigenvalue weighted by Gasteiger charge is -2.31. The lowest BCUT2D eigenvalue weighted by atomic mass is 10.0. The molecule has 0 heterocycles. The van der Waals surface area contributed by atoms with E-state index in [0.717, 1.165) is 16.9 Å². The summed E-state index contributed by atoms with van der Waals surface area (Å²) in [5, 5.41) is 3.35. The maximum atomic E-state index is 13.3. The van der Waals surface area contributed by atoms with Crippen LogP contribution < -0.4 is 10.1 Å². The molecule has 3 rings (SSSR count). The Kier molecular flexibility index (Phi) is 9.33. The summed E-state index contributed by atoms with van der Waals surface area (Å²) in [6.45, 7) is 0.744.